The maximum absolute atomic E-state index is 12.4. The normalized spacial score (nSPS) is 29.6. The molecular weight excluding hydrogens is 769 g/mol. The number of likely N-dealkylation sites (N-methyl/N-ethyl adjacent to an activating group) is 1. The molecule has 30 heteroatoms. The van der Waals surface area contributed by atoms with E-state index in [-0.39, 0.29) is 34.6 Å². The molecule has 0 aliphatic carbocycles. The summed E-state index contributed by atoms with van der Waals surface area (Å²) in [5.74, 6) is -0.519. The van der Waals surface area contributed by atoms with E-state index in [0.717, 1.165) is 10.9 Å². The Balaban J connectivity index is 1.11. The van der Waals surface area contributed by atoms with Crippen LogP contribution in [-0.2, 0) is 40.8 Å². The van der Waals surface area contributed by atoms with Gasteiger partial charge < -0.3 is 61.2 Å². The molecule has 3 aromatic heterocycles. The fourth-order valence-corrected chi connectivity index (χ4v) is 8.89. The summed E-state index contributed by atoms with van der Waals surface area (Å²) in [6.07, 6.45) is -7.75. The summed E-state index contributed by atoms with van der Waals surface area (Å²) in [4.78, 5) is 71.7. The quantitative estimate of drug-likeness (QED) is 0.0701. The molecule has 3 aromatic rings. The number of nitrogens with two attached hydrogens (primary N) is 2. The Morgan fingerprint density at radius 2 is 1.62 bits per heavy atom. The third-order valence-corrected chi connectivity index (χ3v) is 12.1. The molecule has 6 unspecified atom stereocenters. The second kappa shape index (κ2) is 14.5. The van der Waals surface area contributed by atoms with E-state index >= 15 is 0 Å². The van der Waals surface area contributed by atoms with Crippen LogP contribution in [0.25, 0.3) is 11.2 Å². The van der Waals surface area contributed by atoms with Gasteiger partial charge in [-0.1, -0.05) is 0 Å². The van der Waals surface area contributed by atoms with E-state index in [1.165, 1.54) is 25.9 Å². The van der Waals surface area contributed by atoms with Crippen LogP contribution in [0.3, 0.4) is 0 Å². The predicted molar refractivity (Wildman–Crippen MR) is 173 cm³/mol. The molecule has 2 aliphatic rings. The second-order valence-electron chi connectivity index (χ2n) is 11.5. The van der Waals surface area contributed by atoms with Gasteiger partial charge in [0, 0.05) is 20.5 Å². The molecule has 5 heterocycles. The molecule has 290 valence electrons. The Bertz CT molecular complexity index is 2080. The van der Waals surface area contributed by atoms with E-state index in [1.807, 2.05) is 0 Å². The highest BCUT2D eigenvalue weighted by Crippen LogP contribution is 2.68. The van der Waals surface area contributed by atoms with Crippen LogP contribution in [0, 0.1) is 0 Å². The SMILES string of the molecule is CNc1c(N(C)[C@@H]2O[C@H](COP(=O)(O)OP(=O)(O)OP(=O)(O)OCC[C@H]3O[C@@H](n4cnc5c(=O)[nH]c(N)nc54)C(O)C3O)C2(C)O)nc(N)[nH]c1=O. The zero-order valence-electron chi connectivity index (χ0n) is 27.1. The van der Waals surface area contributed by atoms with Crippen LogP contribution in [0.4, 0.5) is 23.4 Å². The number of nitrogens with one attached hydrogen (secondary N) is 3. The number of anilines is 4. The number of phosphoric ester groups is 2. The van der Waals surface area contributed by atoms with Crippen molar-refractivity contribution in [2.75, 3.05) is 49.0 Å². The minimum Gasteiger partial charge on any atom is -0.388 e. The topological polar surface area (TPSA) is 405 Å². The Morgan fingerprint density at radius 1 is 1.00 bits per heavy atom. The third kappa shape index (κ3) is 8.23. The summed E-state index contributed by atoms with van der Waals surface area (Å²) in [7, 11) is -14.2. The Kier molecular flexibility index (Phi) is 11.1. The van der Waals surface area contributed by atoms with Gasteiger partial charge in [-0.25, -0.2) is 18.7 Å². The first-order chi connectivity index (χ1) is 24.1. The summed E-state index contributed by atoms with van der Waals surface area (Å²) in [6.45, 7) is -0.486. The minimum absolute atomic E-state index is 0.0158. The monoisotopic (exact) mass is 804 g/mol. The van der Waals surface area contributed by atoms with Gasteiger partial charge in [0.25, 0.3) is 11.1 Å². The average molecular weight is 804 g/mol. The third-order valence-electron chi connectivity index (χ3n) is 7.82. The van der Waals surface area contributed by atoms with Crippen molar-refractivity contribution in [3.05, 3.63) is 27.0 Å². The minimum atomic E-state index is -5.89. The van der Waals surface area contributed by atoms with Gasteiger partial charge >= 0.3 is 23.5 Å². The molecule has 0 aromatic carbocycles. The standard InChI is InChI=1S/C22H35N10O17P3/c1-22(37)9(47-19(22)31(3)14-10(25-2)16(35)29-20(23)27-14)6-45-51(40,41)49-52(42,43)48-50(38,39)44-5-4-8-12(33)13(34)18(46-8)32-7-26-11-15(32)28-21(24)30-17(11)36/h7-9,12-13,18-19,25,33-34,37H,4-6H2,1-3H3,(H,38,39)(H,40,41)(H,42,43)(H3,23,27,29,35)(H3,24,28,30,36)/t8-,9-,12?,13?,18-,19-,22?/m1/s1. The second-order valence-corrected chi connectivity index (χ2v) is 16.2. The van der Waals surface area contributed by atoms with Crippen LogP contribution in [-0.4, -0.2) is 123 Å². The summed E-state index contributed by atoms with van der Waals surface area (Å²) in [6, 6.07) is 0. The van der Waals surface area contributed by atoms with Crippen LogP contribution < -0.4 is 32.8 Å². The highest BCUT2D eigenvalue weighted by Gasteiger charge is 2.56. The zero-order chi connectivity index (χ0) is 38.6. The van der Waals surface area contributed by atoms with E-state index in [4.69, 9.17) is 20.9 Å². The van der Waals surface area contributed by atoms with Crippen molar-refractivity contribution in [1.82, 2.24) is 29.5 Å². The number of nitrogen functional groups attached to an aromatic ring is 2. The van der Waals surface area contributed by atoms with E-state index in [0.29, 0.717) is 0 Å². The molecule has 52 heavy (non-hydrogen) atoms. The van der Waals surface area contributed by atoms with E-state index < -0.39 is 96.7 Å². The molecule has 27 nitrogen and oxygen atoms in total. The van der Waals surface area contributed by atoms with Crippen LogP contribution in [0.1, 0.15) is 19.6 Å². The van der Waals surface area contributed by atoms with E-state index in [2.05, 4.69) is 47.9 Å². The number of aromatic nitrogens is 6. The van der Waals surface area contributed by atoms with Gasteiger partial charge in [0.15, 0.2) is 29.4 Å². The first kappa shape index (κ1) is 39.8. The number of imidazole rings is 1. The molecule has 13 N–H and O–H groups in total. The molecule has 0 spiro atoms. The number of fused-ring (bicyclic) bond motifs is 1. The van der Waals surface area contributed by atoms with Gasteiger partial charge in [-0.05, 0) is 6.92 Å². The largest absolute Gasteiger partial charge is 0.490 e. The van der Waals surface area contributed by atoms with Crippen molar-refractivity contribution < 1.29 is 70.8 Å². The number of aliphatic hydroxyl groups is 3. The molecule has 10 atom stereocenters. The van der Waals surface area contributed by atoms with Gasteiger partial charge in [0.1, 0.15) is 29.6 Å². The number of phosphoric acid groups is 3. The number of hydrogen-bond donors (Lipinski definition) is 11. The number of rotatable bonds is 15. The van der Waals surface area contributed by atoms with Crippen molar-refractivity contribution in [3.8, 4) is 0 Å². The van der Waals surface area contributed by atoms with Crippen LogP contribution in [0.5, 0.6) is 0 Å². The first-order valence-electron chi connectivity index (χ1n) is 14.7. The fourth-order valence-electron chi connectivity index (χ4n) is 5.37. The number of H-pyrrole nitrogens is 2. The van der Waals surface area contributed by atoms with Crippen molar-refractivity contribution in [1.29, 1.82) is 0 Å². The highest BCUT2D eigenvalue weighted by atomic mass is 31.3. The summed E-state index contributed by atoms with van der Waals surface area (Å²) in [5, 5.41) is 34.6. The fraction of sp³-hybridized carbons (Fsp3) is 0.591. The molecule has 0 radical (unpaired) electrons. The van der Waals surface area contributed by atoms with Gasteiger partial charge in [-0.15, -0.1) is 0 Å². The number of ether oxygens (including phenoxy) is 2. The molecule has 0 amide bonds. The maximum Gasteiger partial charge on any atom is 0.490 e. The number of hydrogen-bond acceptors (Lipinski definition) is 21. The lowest BCUT2D eigenvalue weighted by Gasteiger charge is -2.53. The summed E-state index contributed by atoms with van der Waals surface area (Å²) < 4.78 is 66.8. The number of aromatic amines is 2. The summed E-state index contributed by atoms with van der Waals surface area (Å²) in [5.41, 5.74) is 7.77. The van der Waals surface area contributed by atoms with Gasteiger partial charge in [0.05, 0.1) is 25.6 Å². The van der Waals surface area contributed by atoms with Crippen LogP contribution in [0.2, 0.25) is 0 Å². The van der Waals surface area contributed by atoms with Crippen LogP contribution >= 0.6 is 23.5 Å². The van der Waals surface area contributed by atoms with E-state index in [9.17, 15) is 53.3 Å². The van der Waals surface area contributed by atoms with Crippen molar-refractivity contribution in [2.45, 2.75) is 55.8 Å². The first-order valence-corrected chi connectivity index (χ1v) is 19.2. The highest BCUT2D eigenvalue weighted by molar-refractivity contribution is 7.66. The predicted octanol–water partition coefficient (Wildman–Crippen LogP) is -2.60. The van der Waals surface area contributed by atoms with Gasteiger partial charge in [-0.2, -0.15) is 18.6 Å². The molecule has 2 saturated heterocycles. The Hall–Kier alpha value is -3.36. The molecule has 0 bridgehead atoms. The van der Waals surface area contributed by atoms with E-state index in [1.54, 1.807) is 0 Å². The van der Waals surface area contributed by atoms with Crippen molar-refractivity contribution in [2.24, 2.45) is 0 Å². The molecular formula is C22H35N10O17P3. The molecule has 2 fully saturated rings. The smallest absolute Gasteiger partial charge is 0.388 e. The lowest BCUT2D eigenvalue weighted by Crippen LogP contribution is -2.70. The summed E-state index contributed by atoms with van der Waals surface area (Å²) >= 11 is 0. The maximum atomic E-state index is 12.4. The van der Waals surface area contributed by atoms with Gasteiger partial charge in [0.2, 0.25) is 11.9 Å². The molecule has 5 rings (SSSR count). The zero-order valence-corrected chi connectivity index (χ0v) is 29.8. The molecule has 0 saturated carbocycles. The van der Waals surface area contributed by atoms with Gasteiger partial charge in [-0.3, -0.25) is 33.2 Å². The van der Waals surface area contributed by atoms with Crippen molar-refractivity contribution >= 4 is 58.0 Å². The number of aliphatic hydroxyl groups excluding tert-OH is 2. The lowest BCUT2D eigenvalue weighted by molar-refractivity contribution is -0.287. The van der Waals surface area contributed by atoms with Crippen LogP contribution in [0.15, 0.2) is 15.9 Å². The number of nitrogens with zero attached hydrogens (tertiary/aromatic N) is 5. The Morgan fingerprint density at radius 3 is 2.25 bits per heavy atom. The molecule has 2 aliphatic heterocycles. The Labute approximate surface area is 290 Å². The lowest BCUT2D eigenvalue weighted by atomic mass is 9.90. The average Bonchev–Trinajstić information content (AvgIpc) is 3.55. The van der Waals surface area contributed by atoms with Crippen molar-refractivity contribution in [3.63, 3.8) is 0 Å².